The van der Waals surface area contributed by atoms with E-state index in [2.05, 4.69) is 0 Å². The van der Waals surface area contributed by atoms with E-state index in [1.165, 1.54) is 4.42 Å². The Morgan fingerprint density at radius 1 is 1.45 bits per heavy atom. The molecule has 0 radical (unpaired) electrons. The van der Waals surface area contributed by atoms with Crippen LogP contribution in [-0.2, 0) is 4.79 Å². The second-order valence-electron chi connectivity index (χ2n) is 3.05. The van der Waals surface area contributed by atoms with Crippen LogP contribution < -0.4 is 0 Å². The maximum Gasteiger partial charge on any atom is 0.239 e. The van der Waals surface area contributed by atoms with Gasteiger partial charge in [0.25, 0.3) is 0 Å². The molecule has 0 rings (SSSR count). The van der Waals surface area contributed by atoms with Crippen molar-refractivity contribution in [3.8, 4) is 0 Å². The summed E-state index contributed by atoms with van der Waals surface area (Å²) in [4.78, 5) is 11.3. The fourth-order valence-corrected chi connectivity index (χ4v) is 0.806. The number of nitrogens with zero attached hydrogens (tertiary/aromatic N) is 1. The lowest BCUT2D eigenvalue weighted by molar-refractivity contribution is -0.131. The van der Waals surface area contributed by atoms with Gasteiger partial charge in [-0.25, -0.2) is 0 Å². The molecule has 0 fully saturated rings. The van der Waals surface area contributed by atoms with Gasteiger partial charge in [0.1, 0.15) is 0 Å². The number of amides is 1. The topological polar surface area (TPSA) is 20.3 Å². The second kappa shape index (κ2) is 4.60. The standard InChI is InChI=1S/C8H16ClNO/c1-5-7(4)8(11)10(9)6(2)3/h6-7H,5H2,1-4H3. The van der Waals surface area contributed by atoms with Gasteiger partial charge in [-0.2, -0.15) is 0 Å². The number of rotatable bonds is 3. The highest BCUT2D eigenvalue weighted by atomic mass is 35.5. The summed E-state index contributed by atoms with van der Waals surface area (Å²) in [7, 11) is 0. The van der Waals surface area contributed by atoms with Crippen molar-refractivity contribution in [1.82, 2.24) is 4.42 Å². The molecule has 0 spiro atoms. The Bertz CT molecular complexity index is 136. The van der Waals surface area contributed by atoms with E-state index in [1.54, 1.807) is 0 Å². The molecule has 0 aliphatic rings. The van der Waals surface area contributed by atoms with Crippen LogP contribution in [0.2, 0.25) is 0 Å². The van der Waals surface area contributed by atoms with Crippen LogP contribution in [0.3, 0.4) is 0 Å². The third kappa shape index (κ3) is 3.10. The van der Waals surface area contributed by atoms with Gasteiger partial charge in [-0.05, 0) is 20.3 Å². The molecule has 0 aliphatic carbocycles. The quantitative estimate of drug-likeness (QED) is 0.607. The first-order valence-electron chi connectivity index (χ1n) is 3.99. The minimum Gasteiger partial charge on any atom is -0.273 e. The first kappa shape index (κ1) is 10.8. The highest BCUT2D eigenvalue weighted by molar-refractivity contribution is 6.21. The number of hydrogen-bond donors (Lipinski definition) is 0. The molecule has 0 saturated carbocycles. The third-order valence-corrected chi connectivity index (χ3v) is 2.25. The van der Waals surface area contributed by atoms with E-state index in [9.17, 15) is 4.79 Å². The Morgan fingerprint density at radius 3 is 2.18 bits per heavy atom. The van der Waals surface area contributed by atoms with Gasteiger partial charge in [-0.1, -0.05) is 13.8 Å². The Morgan fingerprint density at radius 2 is 1.91 bits per heavy atom. The van der Waals surface area contributed by atoms with Gasteiger partial charge in [-0.15, -0.1) is 0 Å². The monoisotopic (exact) mass is 177 g/mol. The zero-order valence-electron chi connectivity index (χ0n) is 7.60. The Kier molecular flexibility index (Phi) is 4.50. The van der Waals surface area contributed by atoms with E-state index in [4.69, 9.17) is 11.8 Å². The number of halogens is 1. The molecular weight excluding hydrogens is 162 g/mol. The van der Waals surface area contributed by atoms with Crippen molar-refractivity contribution in [2.45, 2.75) is 40.2 Å². The van der Waals surface area contributed by atoms with Gasteiger partial charge in [-0.3, -0.25) is 9.21 Å². The molecule has 1 unspecified atom stereocenters. The van der Waals surface area contributed by atoms with Crippen molar-refractivity contribution in [3.05, 3.63) is 0 Å². The molecule has 0 saturated heterocycles. The normalized spacial score (nSPS) is 13.3. The summed E-state index contributed by atoms with van der Waals surface area (Å²) in [5, 5.41) is 0. The van der Waals surface area contributed by atoms with Gasteiger partial charge >= 0.3 is 0 Å². The van der Waals surface area contributed by atoms with E-state index in [0.717, 1.165) is 6.42 Å². The van der Waals surface area contributed by atoms with Crippen LogP contribution in [0, 0.1) is 5.92 Å². The summed E-state index contributed by atoms with van der Waals surface area (Å²) in [6, 6.07) is 0.0816. The van der Waals surface area contributed by atoms with Crippen LogP contribution in [0.4, 0.5) is 0 Å². The van der Waals surface area contributed by atoms with E-state index >= 15 is 0 Å². The van der Waals surface area contributed by atoms with Crippen molar-refractivity contribution in [2.24, 2.45) is 5.92 Å². The Hall–Kier alpha value is -0.240. The summed E-state index contributed by atoms with van der Waals surface area (Å²) < 4.78 is 1.27. The van der Waals surface area contributed by atoms with Crippen LogP contribution in [0.25, 0.3) is 0 Å². The number of carbonyl (C=O) groups is 1. The molecule has 0 aliphatic heterocycles. The highest BCUT2D eigenvalue weighted by Gasteiger charge is 2.19. The average molecular weight is 178 g/mol. The van der Waals surface area contributed by atoms with Gasteiger partial charge in [0, 0.05) is 23.7 Å². The molecule has 11 heavy (non-hydrogen) atoms. The van der Waals surface area contributed by atoms with Gasteiger partial charge in [0.05, 0.1) is 0 Å². The smallest absolute Gasteiger partial charge is 0.239 e. The minimum absolute atomic E-state index is 0.0177. The van der Waals surface area contributed by atoms with Gasteiger partial charge in [0.2, 0.25) is 5.91 Å². The van der Waals surface area contributed by atoms with E-state index in [-0.39, 0.29) is 17.9 Å². The number of hydrogen-bond acceptors (Lipinski definition) is 1. The molecule has 1 amide bonds. The van der Waals surface area contributed by atoms with Crippen molar-refractivity contribution in [3.63, 3.8) is 0 Å². The van der Waals surface area contributed by atoms with Crippen LogP contribution in [-0.4, -0.2) is 16.4 Å². The van der Waals surface area contributed by atoms with Crippen LogP contribution >= 0.6 is 11.8 Å². The van der Waals surface area contributed by atoms with Crippen molar-refractivity contribution in [1.29, 1.82) is 0 Å². The third-order valence-electron chi connectivity index (χ3n) is 1.70. The van der Waals surface area contributed by atoms with Crippen LogP contribution in [0.15, 0.2) is 0 Å². The summed E-state index contributed by atoms with van der Waals surface area (Å²) in [5.41, 5.74) is 0. The molecule has 2 nitrogen and oxygen atoms in total. The first-order valence-corrected chi connectivity index (χ1v) is 4.33. The predicted octanol–water partition coefficient (Wildman–Crippen LogP) is 2.42. The van der Waals surface area contributed by atoms with E-state index in [1.807, 2.05) is 27.7 Å². The maximum atomic E-state index is 11.3. The molecule has 0 aromatic heterocycles. The lowest BCUT2D eigenvalue weighted by Crippen LogP contribution is -2.32. The van der Waals surface area contributed by atoms with Gasteiger partial charge in [0.15, 0.2) is 0 Å². The van der Waals surface area contributed by atoms with Crippen LogP contribution in [0.5, 0.6) is 0 Å². The molecule has 66 valence electrons. The minimum atomic E-state index is 0.0177. The second-order valence-corrected chi connectivity index (χ2v) is 3.42. The molecule has 0 aromatic carbocycles. The van der Waals surface area contributed by atoms with Crippen molar-refractivity contribution >= 4 is 17.7 Å². The fourth-order valence-electron chi connectivity index (χ4n) is 0.640. The van der Waals surface area contributed by atoms with E-state index in [0.29, 0.717) is 0 Å². The maximum absolute atomic E-state index is 11.3. The molecule has 0 aromatic rings. The Balaban J connectivity index is 4.02. The lowest BCUT2D eigenvalue weighted by Gasteiger charge is -2.20. The lowest BCUT2D eigenvalue weighted by atomic mass is 10.1. The van der Waals surface area contributed by atoms with Crippen LogP contribution in [0.1, 0.15) is 34.1 Å². The zero-order valence-corrected chi connectivity index (χ0v) is 8.35. The summed E-state index contributed by atoms with van der Waals surface area (Å²) >= 11 is 5.72. The fraction of sp³-hybridized carbons (Fsp3) is 0.875. The summed E-state index contributed by atoms with van der Waals surface area (Å²) in [6.45, 7) is 7.66. The van der Waals surface area contributed by atoms with Crippen molar-refractivity contribution in [2.75, 3.05) is 0 Å². The zero-order chi connectivity index (χ0) is 9.02. The molecular formula is C8H16ClNO. The SMILES string of the molecule is CCC(C)C(=O)N(Cl)C(C)C. The summed E-state index contributed by atoms with van der Waals surface area (Å²) in [6.07, 6.45) is 0.842. The molecule has 0 N–H and O–H groups in total. The van der Waals surface area contributed by atoms with Crippen molar-refractivity contribution < 1.29 is 4.79 Å². The van der Waals surface area contributed by atoms with Gasteiger partial charge < -0.3 is 0 Å². The number of carbonyl (C=O) groups excluding carboxylic acids is 1. The Labute approximate surface area is 73.6 Å². The molecule has 3 heteroatoms. The summed E-state index contributed by atoms with van der Waals surface area (Å²) in [5.74, 6) is 0.0547. The van der Waals surface area contributed by atoms with E-state index < -0.39 is 0 Å². The first-order chi connectivity index (χ1) is 5.00. The molecule has 1 atom stereocenters. The average Bonchev–Trinajstić information content (AvgIpc) is 2.00. The largest absolute Gasteiger partial charge is 0.273 e. The molecule has 0 bridgehead atoms. The predicted molar refractivity (Wildman–Crippen MR) is 47.3 cm³/mol. The molecule has 0 heterocycles. The highest BCUT2D eigenvalue weighted by Crippen LogP contribution is 2.11.